The fraction of sp³-hybridized carbons (Fsp3) is 0.100. The summed E-state index contributed by atoms with van der Waals surface area (Å²) in [7, 11) is 0. The van der Waals surface area contributed by atoms with E-state index in [1.54, 1.807) is 6.20 Å². The summed E-state index contributed by atoms with van der Waals surface area (Å²) < 4.78 is 0. The third kappa shape index (κ3) is 1.64. The lowest BCUT2D eigenvalue weighted by molar-refractivity contribution is 0.452. The number of aryl methyl sites for hydroxylation is 1. The number of aromatic amines is 1. The number of hydrogen-bond donors (Lipinski definition) is 3. The van der Waals surface area contributed by atoms with E-state index in [1.807, 2.05) is 6.92 Å². The lowest BCUT2D eigenvalue weighted by Gasteiger charge is -2.05. The number of rotatable bonds is 1. The molecule has 0 saturated carbocycles. The summed E-state index contributed by atoms with van der Waals surface area (Å²) in [5.74, 6) is -0.181. The molecule has 0 amide bonds. The van der Waals surface area contributed by atoms with Gasteiger partial charge in [-0.2, -0.15) is 5.10 Å². The Morgan fingerprint density at radius 1 is 1.27 bits per heavy atom. The summed E-state index contributed by atoms with van der Waals surface area (Å²) in [6.07, 6.45) is 1.65. The molecule has 0 atom stereocenters. The molecule has 2 rings (SSSR count). The summed E-state index contributed by atoms with van der Waals surface area (Å²) in [6, 6.07) is 2.70. The molecule has 2 aromatic rings. The summed E-state index contributed by atoms with van der Waals surface area (Å²) in [6.45, 7) is 1.86. The third-order valence-electron chi connectivity index (χ3n) is 2.16. The molecular formula is C10H9ClN2O2. The number of nitrogens with zero attached hydrogens (tertiary/aromatic N) is 1. The van der Waals surface area contributed by atoms with E-state index in [1.165, 1.54) is 12.1 Å². The molecule has 1 aromatic carbocycles. The molecule has 1 aromatic heterocycles. The van der Waals surface area contributed by atoms with Crippen LogP contribution in [0.4, 0.5) is 0 Å². The van der Waals surface area contributed by atoms with Gasteiger partial charge in [-0.1, -0.05) is 11.6 Å². The Labute approximate surface area is 91.1 Å². The number of nitrogens with one attached hydrogen (secondary N) is 1. The standard InChI is InChI=1S/C10H9ClN2O2/c1-5-4-12-13-10(5)6-2-7(11)9(15)3-8(6)14/h2-4,14-15H,1H3,(H,12,13). The number of phenolic OH excluding ortho intramolecular Hbond substituents is 2. The number of phenols is 2. The van der Waals surface area contributed by atoms with Gasteiger partial charge in [-0.05, 0) is 18.6 Å². The lowest BCUT2D eigenvalue weighted by Crippen LogP contribution is -1.83. The lowest BCUT2D eigenvalue weighted by atomic mass is 10.1. The monoisotopic (exact) mass is 224 g/mol. The van der Waals surface area contributed by atoms with E-state index in [9.17, 15) is 10.2 Å². The molecule has 3 N–H and O–H groups in total. The summed E-state index contributed by atoms with van der Waals surface area (Å²) in [4.78, 5) is 0. The molecule has 0 aliphatic heterocycles. The molecule has 0 bridgehead atoms. The van der Waals surface area contributed by atoms with E-state index in [0.29, 0.717) is 11.3 Å². The van der Waals surface area contributed by atoms with Crippen LogP contribution in [-0.4, -0.2) is 20.4 Å². The van der Waals surface area contributed by atoms with Crippen LogP contribution in [0.5, 0.6) is 11.5 Å². The first-order chi connectivity index (χ1) is 7.09. The van der Waals surface area contributed by atoms with E-state index in [-0.39, 0.29) is 16.5 Å². The quantitative estimate of drug-likeness (QED) is 0.697. The van der Waals surface area contributed by atoms with E-state index in [4.69, 9.17) is 11.6 Å². The largest absolute Gasteiger partial charge is 0.507 e. The van der Waals surface area contributed by atoms with Gasteiger partial charge in [0.1, 0.15) is 11.5 Å². The Balaban J connectivity index is 2.64. The molecule has 0 aliphatic carbocycles. The second-order valence-electron chi connectivity index (χ2n) is 3.25. The van der Waals surface area contributed by atoms with Gasteiger partial charge in [-0.15, -0.1) is 0 Å². The molecule has 1 heterocycles. The molecule has 0 spiro atoms. The minimum absolute atomic E-state index is 0.0377. The molecule has 4 nitrogen and oxygen atoms in total. The number of aromatic nitrogens is 2. The van der Waals surface area contributed by atoms with Crippen molar-refractivity contribution < 1.29 is 10.2 Å². The molecule has 15 heavy (non-hydrogen) atoms. The Hall–Kier alpha value is -1.68. The highest BCUT2D eigenvalue weighted by Gasteiger charge is 2.12. The van der Waals surface area contributed by atoms with Crippen molar-refractivity contribution in [1.29, 1.82) is 0 Å². The molecule has 78 valence electrons. The van der Waals surface area contributed by atoms with Crippen molar-refractivity contribution in [3.05, 3.63) is 28.9 Å². The van der Waals surface area contributed by atoms with Crippen molar-refractivity contribution in [3.8, 4) is 22.8 Å². The van der Waals surface area contributed by atoms with Crippen LogP contribution in [0.25, 0.3) is 11.3 Å². The van der Waals surface area contributed by atoms with Crippen LogP contribution in [0.1, 0.15) is 5.56 Å². The first-order valence-electron chi connectivity index (χ1n) is 4.31. The van der Waals surface area contributed by atoms with Gasteiger partial charge in [-0.25, -0.2) is 0 Å². The van der Waals surface area contributed by atoms with Gasteiger partial charge in [0.2, 0.25) is 0 Å². The summed E-state index contributed by atoms with van der Waals surface area (Å²) in [5.41, 5.74) is 2.11. The fourth-order valence-electron chi connectivity index (χ4n) is 1.37. The topological polar surface area (TPSA) is 69.1 Å². The van der Waals surface area contributed by atoms with E-state index < -0.39 is 0 Å². The van der Waals surface area contributed by atoms with Crippen LogP contribution in [0.15, 0.2) is 18.3 Å². The molecule has 0 radical (unpaired) electrons. The van der Waals surface area contributed by atoms with Crippen molar-refractivity contribution in [2.45, 2.75) is 6.92 Å². The van der Waals surface area contributed by atoms with Crippen LogP contribution < -0.4 is 0 Å². The van der Waals surface area contributed by atoms with Crippen molar-refractivity contribution >= 4 is 11.6 Å². The Kier molecular flexibility index (Phi) is 2.28. The van der Waals surface area contributed by atoms with Gasteiger partial charge in [0.25, 0.3) is 0 Å². The highest BCUT2D eigenvalue weighted by Crippen LogP contribution is 2.37. The highest BCUT2D eigenvalue weighted by molar-refractivity contribution is 6.32. The average Bonchev–Trinajstić information content (AvgIpc) is 2.58. The van der Waals surface area contributed by atoms with Crippen LogP contribution >= 0.6 is 11.6 Å². The number of benzene rings is 1. The fourth-order valence-corrected chi connectivity index (χ4v) is 1.53. The second kappa shape index (κ2) is 3.47. The normalized spacial score (nSPS) is 10.5. The number of hydrogen-bond acceptors (Lipinski definition) is 3. The zero-order valence-electron chi connectivity index (χ0n) is 7.95. The molecule has 0 aliphatic rings. The first kappa shape index (κ1) is 9.86. The minimum atomic E-state index is -0.143. The average molecular weight is 225 g/mol. The van der Waals surface area contributed by atoms with Gasteiger partial charge in [-0.3, -0.25) is 5.10 Å². The van der Waals surface area contributed by atoms with E-state index in [2.05, 4.69) is 10.2 Å². The molecule has 0 saturated heterocycles. The zero-order valence-corrected chi connectivity index (χ0v) is 8.71. The Morgan fingerprint density at radius 2 is 2.00 bits per heavy atom. The maximum Gasteiger partial charge on any atom is 0.137 e. The first-order valence-corrected chi connectivity index (χ1v) is 4.69. The summed E-state index contributed by atoms with van der Waals surface area (Å²) in [5, 5.41) is 25.7. The third-order valence-corrected chi connectivity index (χ3v) is 2.47. The van der Waals surface area contributed by atoms with Crippen LogP contribution in [0.3, 0.4) is 0 Å². The second-order valence-corrected chi connectivity index (χ2v) is 3.66. The van der Waals surface area contributed by atoms with Gasteiger partial charge in [0.15, 0.2) is 0 Å². The Bertz CT molecular complexity index is 508. The van der Waals surface area contributed by atoms with Gasteiger partial charge in [0.05, 0.1) is 16.9 Å². The SMILES string of the molecule is Cc1cn[nH]c1-c1cc(Cl)c(O)cc1O. The molecular weight excluding hydrogens is 216 g/mol. The van der Waals surface area contributed by atoms with E-state index >= 15 is 0 Å². The van der Waals surface area contributed by atoms with Crippen molar-refractivity contribution in [2.75, 3.05) is 0 Å². The highest BCUT2D eigenvalue weighted by atomic mass is 35.5. The van der Waals surface area contributed by atoms with Gasteiger partial charge >= 0.3 is 0 Å². The minimum Gasteiger partial charge on any atom is -0.507 e. The van der Waals surface area contributed by atoms with Gasteiger partial charge < -0.3 is 10.2 Å². The van der Waals surface area contributed by atoms with Crippen LogP contribution in [0.2, 0.25) is 5.02 Å². The van der Waals surface area contributed by atoms with Crippen molar-refractivity contribution in [3.63, 3.8) is 0 Å². The van der Waals surface area contributed by atoms with Crippen molar-refractivity contribution in [2.24, 2.45) is 0 Å². The maximum atomic E-state index is 9.65. The van der Waals surface area contributed by atoms with Crippen LogP contribution in [0, 0.1) is 6.92 Å². The van der Waals surface area contributed by atoms with Gasteiger partial charge in [0, 0.05) is 11.6 Å². The van der Waals surface area contributed by atoms with Crippen LogP contribution in [-0.2, 0) is 0 Å². The molecule has 0 unspecified atom stereocenters. The maximum absolute atomic E-state index is 9.65. The molecule has 5 heteroatoms. The number of aromatic hydroxyl groups is 2. The smallest absolute Gasteiger partial charge is 0.137 e. The Morgan fingerprint density at radius 3 is 2.60 bits per heavy atom. The number of H-pyrrole nitrogens is 1. The predicted octanol–water partition coefficient (Wildman–Crippen LogP) is 2.45. The van der Waals surface area contributed by atoms with E-state index in [0.717, 1.165) is 5.56 Å². The van der Waals surface area contributed by atoms with Crippen molar-refractivity contribution in [1.82, 2.24) is 10.2 Å². The number of halogens is 1. The predicted molar refractivity (Wildman–Crippen MR) is 57.1 cm³/mol. The summed E-state index contributed by atoms with van der Waals surface area (Å²) >= 11 is 5.76. The zero-order chi connectivity index (χ0) is 11.0. The molecule has 0 fully saturated rings.